The Morgan fingerprint density at radius 1 is 0.579 bits per heavy atom. The molecule has 3 aromatic rings. The molecule has 8 bridgehead atoms. The van der Waals surface area contributed by atoms with Crippen LogP contribution in [0.3, 0.4) is 0 Å². The molecule has 4 nitrogen and oxygen atoms in total. The van der Waals surface area contributed by atoms with Gasteiger partial charge in [-0.15, -0.1) is 0 Å². The normalized spacial score (nSPS) is 40.3. The summed E-state index contributed by atoms with van der Waals surface area (Å²) in [6, 6.07) is 9.32. The number of imidazole rings is 2. The Hall–Kier alpha value is -2.36. The zero-order chi connectivity index (χ0) is 24.9. The van der Waals surface area contributed by atoms with Crippen LogP contribution in [-0.2, 0) is 24.2 Å². The SMILES string of the molecule is c1cc(C[n+]2ccn(C34CC5CC(CC(C5)C3)C4)c2)cc(C[n+]2ccn(C34CC5CC(CC(C5)C3)C4)c2)c1. The van der Waals surface area contributed by atoms with Gasteiger partial charge in [0.05, 0.1) is 0 Å². The molecule has 8 aliphatic rings. The largest absolute Gasteiger partial charge is 0.244 e. The van der Waals surface area contributed by atoms with Gasteiger partial charge in [-0.25, -0.2) is 18.3 Å². The molecule has 2 heterocycles. The second-order valence-corrected chi connectivity index (χ2v) is 15.1. The van der Waals surface area contributed by atoms with Gasteiger partial charge in [-0.05, 0) is 130 Å². The van der Waals surface area contributed by atoms with E-state index in [2.05, 4.69) is 80.0 Å². The molecule has 198 valence electrons. The molecule has 0 spiro atoms. The highest BCUT2D eigenvalue weighted by molar-refractivity contribution is 5.22. The van der Waals surface area contributed by atoms with Crippen LogP contribution in [-0.4, -0.2) is 9.13 Å². The molecule has 0 saturated heterocycles. The van der Waals surface area contributed by atoms with E-state index in [4.69, 9.17) is 0 Å². The lowest BCUT2D eigenvalue weighted by atomic mass is 9.53. The molecule has 0 aliphatic heterocycles. The first-order chi connectivity index (χ1) is 18.6. The third-order valence-corrected chi connectivity index (χ3v) is 12.2. The van der Waals surface area contributed by atoms with Gasteiger partial charge in [-0.2, -0.15) is 0 Å². The van der Waals surface area contributed by atoms with Crippen molar-refractivity contribution in [2.45, 2.75) is 101 Å². The van der Waals surface area contributed by atoms with Crippen molar-refractivity contribution in [2.24, 2.45) is 35.5 Å². The fraction of sp³-hybridized carbons (Fsp3) is 0.647. The molecule has 0 N–H and O–H groups in total. The summed E-state index contributed by atoms with van der Waals surface area (Å²) in [5.74, 6) is 5.94. The fourth-order valence-corrected chi connectivity index (χ4v) is 11.5. The Balaban J connectivity index is 0.907. The minimum absolute atomic E-state index is 0.419. The molecule has 0 unspecified atom stereocenters. The van der Waals surface area contributed by atoms with E-state index in [0.29, 0.717) is 11.1 Å². The molecular weight excluding hydrogens is 464 g/mol. The van der Waals surface area contributed by atoms with Gasteiger partial charge in [0.25, 0.3) is 0 Å². The number of rotatable bonds is 6. The van der Waals surface area contributed by atoms with E-state index in [0.717, 1.165) is 48.6 Å². The quantitative estimate of drug-likeness (QED) is 0.374. The second-order valence-electron chi connectivity index (χ2n) is 15.1. The molecule has 38 heavy (non-hydrogen) atoms. The Morgan fingerprint density at radius 2 is 0.947 bits per heavy atom. The lowest BCUT2D eigenvalue weighted by molar-refractivity contribution is -0.689. The lowest BCUT2D eigenvalue weighted by Gasteiger charge is -2.54. The monoisotopic (exact) mass is 508 g/mol. The van der Waals surface area contributed by atoms with Gasteiger partial charge in [0.1, 0.15) is 49.0 Å². The standard InChI is InChI=1S/C34H44N4/c1-2-25(21-35-4-6-37(23-35)33-15-27-9-28(16-33)11-29(10-27)17-33)8-26(3-1)22-36-5-7-38(24-36)34-18-30-12-31(19-34)14-32(13-30)20-34/h1-8,23-24,27-32H,9-22H2/q+2. The molecule has 4 heteroatoms. The average Bonchev–Trinajstić information content (AvgIpc) is 3.54. The lowest BCUT2D eigenvalue weighted by Crippen LogP contribution is -2.52. The number of benzene rings is 1. The maximum Gasteiger partial charge on any atom is 0.244 e. The predicted octanol–water partition coefficient (Wildman–Crippen LogP) is 5.81. The van der Waals surface area contributed by atoms with Crippen LogP contribution in [0.2, 0.25) is 0 Å². The minimum atomic E-state index is 0.419. The van der Waals surface area contributed by atoms with Crippen LogP contribution in [0.1, 0.15) is 88.2 Å². The van der Waals surface area contributed by atoms with E-state index >= 15 is 0 Å². The van der Waals surface area contributed by atoms with Gasteiger partial charge in [0.15, 0.2) is 0 Å². The maximum absolute atomic E-state index is 2.63. The number of hydrogen-bond acceptors (Lipinski definition) is 0. The summed E-state index contributed by atoms with van der Waals surface area (Å²) in [6.07, 6.45) is 31.9. The van der Waals surface area contributed by atoms with E-state index in [1.54, 1.807) is 0 Å². The first kappa shape index (κ1) is 22.5. The molecule has 8 saturated carbocycles. The van der Waals surface area contributed by atoms with Crippen LogP contribution >= 0.6 is 0 Å². The van der Waals surface area contributed by atoms with Crippen molar-refractivity contribution in [1.29, 1.82) is 0 Å². The van der Waals surface area contributed by atoms with Crippen molar-refractivity contribution in [2.75, 3.05) is 0 Å². The van der Waals surface area contributed by atoms with Crippen LogP contribution in [0.15, 0.2) is 61.7 Å². The summed E-state index contributed by atoms with van der Waals surface area (Å²) >= 11 is 0. The van der Waals surface area contributed by atoms with E-state index in [9.17, 15) is 0 Å². The minimum Gasteiger partial charge on any atom is -0.233 e. The van der Waals surface area contributed by atoms with Crippen LogP contribution in [0.5, 0.6) is 0 Å². The number of aromatic nitrogens is 4. The molecule has 8 fully saturated rings. The highest BCUT2D eigenvalue weighted by Crippen LogP contribution is 2.59. The summed E-state index contributed by atoms with van der Waals surface area (Å²) < 4.78 is 10.1. The highest BCUT2D eigenvalue weighted by atomic mass is 15.2. The summed E-state index contributed by atoms with van der Waals surface area (Å²) in [5, 5.41) is 0. The van der Waals surface area contributed by atoms with Crippen molar-refractivity contribution in [1.82, 2.24) is 9.13 Å². The Labute approximate surface area is 227 Å². The highest BCUT2D eigenvalue weighted by Gasteiger charge is 2.55. The first-order valence-corrected chi connectivity index (χ1v) is 15.8. The fourth-order valence-electron chi connectivity index (χ4n) is 11.5. The molecule has 11 rings (SSSR count). The summed E-state index contributed by atoms with van der Waals surface area (Å²) in [6.45, 7) is 1.93. The Morgan fingerprint density at radius 3 is 1.32 bits per heavy atom. The molecule has 8 aliphatic carbocycles. The zero-order valence-electron chi connectivity index (χ0n) is 22.9. The zero-order valence-corrected chi connectivity index (χ0v) is 22.9. The van der Waals surface area contributed by atoms with Crippen molar-refractivity contribution < 1.29 is 9.13 Å². The molecule has 2 aromatic heterocycles. The van der Waals surface area contributed by atoms with Gasteiger partial charge in [-0.3, -0.25) is 0 Å². The van der Waals surface area contributed by atoms with Gasteiger partial charge in [-0.1, -0.05) is 18.2 Å². The van der Waals surface area contributed by atoms with Gasteiger partial charge in [0, 0.05) is 0 Å². The third kappa shape index (κ3) is 3.61. The summed E-state index contributed by atoms with van der Waals surface area (Å²) in [4.78, 5) is 0. The summed E-state index contributed by atoms with van der Waals surface area (Å²) in [5.41, 5.74) is 3.67. The molecular formula is C34H44N4+2. The molecule has 0 radical (unpaired) electrons. The third-order valence-electron chi connectivity index (χ3n) is 12.2. The Kier molecular flexibility index (Phi) is 4.78. The Bertz CT molecular complexity index is 1190. The van der Waals surface area contributed by atoms with Crippen molar-refractivity contribution in [3.63, 3.8) is 0 Å². The van der Waals surface area contributed by atoms with E-state index in [-0.39, 0.29) is 0 Å². The smallest absolute Gasteiger partial charge is 0.233 e. The van der Waals surface area contributed by atoms with Crippen LogP contribution in [0.25, 0.3) is 0 Å². The van der Waals surface area contributed by atoms with Crippen molar-refractivity contribution >= 4 is 0 Å². The number of hydrogen-bond donors (Lipinski definition) is 0. The van der Waals surface area contributed by atoms with Crippen LogP contribution in [0.4, 0.5) is 0 Å². The topological polar surface area (TPSA) is 17.6 Å². The molecule has 0 atom stereocenters. The van der Waals surface area contributed by atoms with E-state index in [1.807, 2.05) is 0 Å². The molecule has 1 aromatic carbocycles. The van der Waals surface area contributed by atoms with Crippen molar-refractivity contribution in [3.8, 4) is 0 Å². The van der Waals surface area contributed by atoms with E-state index in [1.165, 1.54) is 88.2 Å². The predicted molar refractivity (Wildman–Crippen MR) is 146 cm³/mol. The van der Waals surface area contributed by atoms with Gasteiger partial charge in [0.2, 0.25) is 12.7 Å². The van der Waals surface area contributed by atoms with Gasteiger partial charge >= 0.3 is 0 Å². The second kappa shape index (κ2) is 8.08. The van der Waals surface area contributed by atoms with Crippen LogP contribution < -0.4 is 9.13 Å². The maximum atomic E-state index is 2.63. The molecule has 0 amide bonds. The first-order valence-electron chi connectivity index (χ1n) is 15.8. The van der Waals surface area contributed by atoms with Crippen LogP contribution in [0, 0.1) is 35.5 Å². The van der Waals surface area contributed by atoms with Crippen molar-refractivity contribution in [3.05, 3.63) is 72.8 Å². The average molecular weight is 509 g/mol. The number of nitrogens with zero attached hydrogens (tertiary/aromatic N) is 4. The summed E-state index contributed by atoms with van der Waals surface area (Å²) in [7, 11) is 0. The van der Waals surface area contributed by atoms with E-state index < -0.39 is 0 Å². The van der Waals surface area contributed by atoms with Gasteiger partial charge < -0.3 is 0 Å².